The topological polar surface area (TPSA) is 143 Å². The summed E-state index contributed by atoms with van der Waals surface area (Å²) in [6.07, 6.45) is 5.08. The van der Waals surface area contributed by atoms with Crippen LogP contribution in [0.5, 0.6) is 5.75 Å². The molecule has 1 saturated carbocycles. The number of amides is 2. The van der Waals surface area contributed by atoms with Gasteiger partial charge in [0.15, 0.2) is 0 Å². The number of carboxylic acid groups (broad SMARTS) is 1. The maximum absolute atomic E-state index is 14.2. The third-order valence-corrected chi connectivity index (χ3v) is 8.72. The number of nitrogens with one attached hydrogen (secondary N) is 3. The molecule has 2 aromatic rings. The fraction of sp³-hybridized carbons (Fsp3) is 0.387. The molecule has 224 valence electrons. The van der Waals surface area contributed by atoms with E-state index >= 15 is 0 Å². The van der Waals surface area contributed by atoms with Gasteiger partial charge in [-0.25, -0.2) is 4.39 Å². The fourth-order valence-corrected chi connectivity index (χ4v) is 5.75. The Labute approximate surface area is 258 Å². The largest absolute Gasteiger partial charge is 0.488 e. The normalized spacial score (nSPS) is 18.2. The molecule has 4 rings (SSSR count). The number of ether oxygens (including phenoxy) is 1. The highest BCUT2D eigenvalue weighted by Gasteiger charge is 2.51. The second-order valence-corrected chi connectivity index (χ2v) is 12.0. The number of carbonyl (C=O) groups excluding carboxylic acids is 2. The van der Waals surface area contributed by atoms with Crippen LogP contribution in [-0.4, -0.2) is 33.0 Å². The Bertz CT molecular complexity index is 1400. The zero-order valence-electron chi connectivity index (χ0n) is 23.6. The summed E-state index contributed by atoms with van der Waals surface area (Å²) in [7, 11) is 0. The number of unbranched alkanes of at least 4 members (excludes halogenated alkanes) is 1. The lowest BCUT2D eigenvalue weighted by atomic mass is 9.68. The molecule has 2 aliphatic rings. The predicted octanol–water partition coefficient (Wildman–Crippen LogP) is 5.21. The summed E-state index contributed by atoms with van der Waals surface area (Å²) in [5.41, 5.74) is 8.25. The number of carboxylic acids is 1. The minimum absolute atomic E-state index is 0.160. The Morgan fingerprint density at radius 1 is 1.21 bits per heavy atom. The quantitative estimate of drug-likeness (QED) is 0.0891. The summed E-state index contributed by atoms with van der Waals surface area (Å²) in [4.78, 5) is 37.6. The number of benzene rings is 2. The standard InChI is InChI=1S/C31H36FIN4O5/c1-3-4-6-24(36-29(39)31(30(40)41)13-5-14-31)28(38)35-21-10-7-19(8-11-21)17-42-25-12-9-20(32)16-22(25)23-15-18(2)27(34)37-26(23)33/h7-12,15-16,24,26,37H,3-6,13-14,17,34H2,1-2H3,(H,35,38)(H,36,39)(H,40,41)/t24-,26?/m0/s1. The maximum atomic E-state index is 14.2. The lowest BCUT2D eigenvalue weighted by Gasteiger charge is -2.36. The number of hydrogen-bond acceptors (Lipinski definition) is 6. The molecular formula is C31H36FIN4O5. The number of dihydropyridines is 1. The average molecular weight is 691 g/mol. The molecule has 0 aromatic heterocycles. The molecule has 1 aliphatic carbocycles. The second-order valence-electron chi connectivity index (χ2n) is 10.7. The molecule has 6 N–H and O–H groups in total. The van der Waals surface area contributed by atoms with E-state index in [1.54, 1.807) is 18.2 Å². The SMILES string of the molecule is CCCC[C@H](NC(=O)C1(C(=O)O)CCC1)C(=O)Nc1ccc(COc2ccc(F)cc2C2=CC(C)=C(N)NC2I)cc1. The summed E-state index contributed by atoms with van der Waals surface area (Å²) < 4.78 is 20.1. The number of aliphatic carboxylic acids is 1. The first-order chi connectivity index (χ1) is 20.0. The van der Waals surface area contributed by atoms with Crippen LogP contribution in [0.2, 0.25) is 0 Å². The Morgan fingerprint density at radius 2 is 1.93 bits per heavy atom. The van der Waals surface area contributed by atoms with Gasteiger partial charge in [0.25, 0.3) is 0 Å². The van der Waals surface area contributed by atoms with Gasteiger partial charge in [-0.15, -0.1) is 0 Å². The van der Waals surface area contributed by atoms with Crippen molar-refractivity contribution in [1.29, 1.82) is 0 Å². The van der Waals surface area contributed by atoms with Crippen molar-refractivity contribution < 1.29 is 28.6 Å². The van der Waals surface area contributed by atoms with Crippen LogP contribution < -0.4 is 26.4 Å². The van der Waals surface area contributed by atoms with Crippen molar-refractivity contribution in [3.63, 3.8) is 0 Å². The van der Waals surface area contributed by atoms with E-state index in [2.05, 4.69) is 38.5 Å². The van der Waals surface area contributed by atoms with Crippen molar-refractivity contribution in [3.05, 3.63) is 76.9 Å². The molecular weight excluding hydrogens is 654 g/mol. The van der Waals surface area contributed by atoms with E-state index in [0.717, 1.165) is 23.1 Å². The number of allylic oxidation sites excluding steroid dienone is 2. The van der Waals surface area contributed by atoms with Gasteiger partial charge in [-0.1, -0.05) is 60.9 Å². The molecule has 11 heteroatoms. The van der Waals surface area contributed by atoms with Crippen molar-refractivity contribution in [1.82, 2.24) is 10.6 Å². The molecule has 1 aliphatic heterocycles. The molecule has 1 fully saturated rings. The van der Waals surface area contributed by atoms with E-state index in [-0.39, 0.29) is 29.3 Å². The molecule has 0 saturated heterocycles. The van der Waals surface area contributed by atoms with Gasteiger partial charge in [0.1, 0.15) is 39.5 Å². The Kier molecular flexibility index (Phi) is 10.1. The first kappa shape index (κ1) is 31.3. The molecule has 0 bridgehead atoms. The van der Waals surface area contributed by atoms with Gasteiger partial charge in [0.05, 0.1) is 0 Å². The molecule has 2 amide bonds. The Hall–Kier alpha value is -3.61. The first-order valence-corrected chi connectivity index (χ1v) is 15.2. The van der Waals surface area contributed by atoms with Crippen molar-refractivity contribution in [2.24, 2.45) is 11.1 Å². The smallest absolute Gasteiger partial charge is 0.319 e. The van der Waals surface area contributed by atoms with Crippen LogP contribution in [0.1, 0.15) is 63.5 Å². The van der Waals surface area contributed by atoms with Crippen LogP contribution in [0, 0.1) is 11.2 Å². The summed E-state index contributed by atoms with van der Waals surface area (Å²) in [5, 5.41) is 18.3. The summed E-state index contributed by atoms with van der Waals surface area (Å²) in [6.45, 7) is 4.07. The van der Waals surface area contributed by atoms with Gasteiger partial charge in [-0.2, -0.15) is 0 Å². The van der Waals surface area contributed by atoms with Crippen LogP contribution in [0.25, 0.3) is 5.57 Å². The number of anilines is 1. The van der Waals surface area contributed by atoms with E-state index in [4.69, 9.17) is 10.5 Å². The van der Waals surface area contributed by atoms with Gasteiger partial charge in [-0.3, -0.25) is 14.4 Å². The van der Waals surface area contributed by atoms with E-state index in [1.807, 2.05) is 32.1 Å². The Morgan fingerprint density at radius 3 is 2.55 bits per heavy atom. The highest BCUT2D eigenvalue weighted by Crippen LogP contribution is 2.41. The lowest BCUT2D eigenvalue weighted by Crippen LogP contribution is -2.55. The van der Waals surface area contributed by atoms with Gasteiger partial charge in [0, 0.05) is 11.3 Å². The van der Waals surface area contributed by atoms with Crippen molar-refractivity contribution >= 4 is 51.6 Å². The number of alkyl halides is 1. The maximum Gasteiger partial charge on any atom is 0.319 e. The zero-order valence-corrected chi connectivity index (χ0v) is 25.8. The van der Waals surface area contributed by atoms with Crippen LogP contribution in [0.15, 0.2) is 59.9 Å². The van der Waals surface area contributed by atoms with Gasteiger partial charge in [0.2, 0.25) is 11.8 Å². The molecule has 1 heterocycles. The van der Waals surface area contributed by atoms with E-state index in [9.17, 15) is 23.9 Å². The molecule has 2 aromatic carbocycles. The van der Waals surface area contributed by atoms with E-state index in [0.29, 0.717) is 42.1 Å². The van der Waals surface area contributed by atoms with Gasteiger partial charge >= 0.3 is 5.97 Å². The second kappa shape index (κ2) is 13.6. The molecule has 9 nitrogen and oxygen atoms in total. The van der Waals surface area contributed by atoms with Crippen LogP contribution in [-0.2, 0) is 21.0 Å². The van der Waals surface area contributed by atoms with Gasteiger partial charge < -0.3 is 31.5 Å². The minimum atomic E-state index is -1.44. The van der Waals surface area contributed by atoms with Crippen molar-refractivity contribution in [2.75, 3.05) is 5.32 Å². The minimum Gasteiger partial charge on any atom is -0.488 e. The van der Waals surface area contributed by atoms with Crippen molar-refractivity contribution in [2.45, 2.75) is 69.1 Å². The Balaban J connectivity index is 1.41. The van der Waals surface area contributed by atoms with E-state index < -0.39 is 29.2 Å². The molecule has 0 spiro atoms. The summed E-state index contributed by atoms with van der Waals surface area (Å²) >= 11 is 2.20. The first-order valence-electron chi connectivity index (χ1n) is 14.0. The highest BCUT2D eigenvalue weighted by molar-refractivity contribution is 14.1. The molecule has 2 atom stereocenters. The third kappa shape index (κ3) is 7.05. The number of rotatable bonds is 12. The monoisotopic (exact) mass is 690 g/mol. The van der Waals surface area contributed by atoms with Crippen LogP contribution in [0.3, 0.4) is 0 Å². The van der Waals surface area contributed by atoms with E-state index in [1.165, 1.54) is 12.1 Å². The molecule has 0 radical (unpaired) electrons. The van der Waals surface area contributed by atoms with Crippen LogP contribution >= 0.6 is 22.6 Å². The number of carbonyl (C=O) groups is 3. The fourth-order valence-electron chi connectivity index (χ4n) is 4.90. The summed E-state index contributed by atoms with van der Waals surface area (Å²) in [6, 6.07) is 10.6. The lowest BCUT2D eigenvalue weighted by molar-refractivity contribution is -0.162. The molecule has 42 heavy (non-hydrogen) atoms. The number of nitrogens with two attached hydrogens (primary N) is 1. The van der Waals surface area contributed by atoms with Gasteiger partial charge in [-0.05, 0) is 79.3 Å². The number of halogens is 2. The zero-order chi connectivity index (χ0) is 30.4. The van der Waals surface area contributed by atoms with Crippen molar-refractivity contribution in [3.8, 4) is 5.75 Å². The third-order valence-electron chi connectivity index (χ3n) is 7.74. The molecule has 1 unspecified atom stereocenters. The number of hydrogen-bond donors (Lipinski definition) is 5. The predicted molar refractivity (Wildman–Crippen MR) is 167 cm³/mol. The summed E-state index contributed by atoms with van der Waals surface area (Å²) in [5.74, 6) is -1.42. The van der Waals surface area contributed by atoms with Crippen LogP contribution in [0.4, 0.5) is 10.1 Å². The average Bonchev–Trinajstić information content (AvgIpc) is 2.92. The highest BCUT2D eigenvalue weighted by atomic mass is 127.